The lowest BCUT2D eigenvalue weighted by atomic mass is 9.92. The van der Waals surface area contributed by atoms with Gasteiger partial charge in [-0.3, -0.25) is 14.3 Å². The molecule has 1 heterocycles. The van der Waals surface area contributed by atoms with Crippen LogP contribution >= 0.6 is 15.9 Å². The molecule has 1 N–H and O–H groups in total. The van der Waals surface area contributed by atoms with Gasteiger partial charge in [0.15, 0.2) is 0 Å². The van der Waals surface area contributed by atoms with Crippen LogP contribution in [-0.2, 0) is 17.3 Å². The minimum Gasteiger partial charge on any atom is -0.329 e. The first-order chi connectivity index (χ1) is 12.6. The SMILES string of the molecule is CCCN(CC(=O)Nc1cc(C(C)(C)C)nn1C)C(=O)c1cccc(Br)c1. The average Bonchev–Trinajstić information content (AvgIpc) is 2.95. The second-order valence-electron chi connectivity index (χ2n) is 7.57. The highest BCUT2D eigenvalue weighted by molar-refractivity contribution is 9.10. The lowest BCUT2D eigenvalue weighted by molar-refractivity contribution is -0.116. The zero-order valence-corrected chi connectivity index (χ0v) is 18.1. The van der Waals surface area contributed by atoms with Crippen molar-refractivity contribution >= 4 is 33.6 Å². The number of halogens is 1. The highest BCUT2D eigenvalue weighted by Gasteiger charge is 2.22. The van der Waals surface area contributed by atoms with Crippen LogP contribution in [0.2, 0.25) is 0 Å². The lowest BCUT2D eigenvalue weighted by Crippen LogP contribution is -2.38. The van der Waals surface area contributed by atoms with Crippen LogP contribution in [0.25, 0.3) is 0 Å². The molecular weight excluding hydrogens is 408 g/mol. The van der Waals surface area contributed by atoms with Gasteiger partial charge in [-0.05, 0) is 24.6 Å². The van der Waals surface area contributed by atoms with Gasteiger partial charge in [-0.1, -0.05) is 49.7 Å². The molecule has 0 aliphatic carbocycles. The molecule has 0 spiro atoms. The van der Waals surface area contributed by atoms with Crippen molar-refractivity contribution in [2.24, 2.45) is 7.05 Å². The number of aryl methyl sites for hydroxylation is 1. The number of rotatable bonds is 6. The van der Waals surface area contributed by atoms with Crippen molar-refractivity contribution < 1.29 is 9.59 Å². The van der Waals surface area contributed by atoms with E-state index in [0.29, 0.717) is 17.9 Å². The smallest absolute Gasteiger partial charge is 0.254 e. The van der Waals surface area contributed by atoms with Crippen LogP contribution in [0.4, 0.5) is 5.82 Å². The Morgan fingerprint density at radius 3 is 2.52 bits per heavy atom. The van der Waals surface area contributed by atoms with Gasteiger partial charge in [0.2, 0.25) is 5.91 Å². The molecule has 2 aromatic rings. The number of amides is 2. The fraction of sp³-hybridized carbons (Fsp3) is 0.450. The number of aromatic nitrogens is 2. The number of benzene rings is 1. The first-order valence-electron chi connectivity index (χ1n) is 9.01. The zero-order chi connectivity index (χ0) is 20.2. The van der Waals surface area contributed by atoms with Gasteiger partial charge in [0.05, 0.1) is 5.69 Å². The molecule has 0 atom stereocenters. The third-order valence-corrected chi connectivity index (χ3v) is 4.60. The van der Waals surface area contributed by atoms with Gasteiger partial charge in [0.1, 0.15) is 12.4 Å². The number of hydrogen-bond donors (Lipinski definition) is 1. The predicted octanol–water partition coefficient (Wildman–Crippen LogP) is 3.97. The van der Waals surface area contributed by atoms with Crippen LogP contribution in [0.1, 0.15) is 50.2 Å². The summed E-state index contributed by atoms with van der Waals surface area (Å²) in [5.74, 6) is 0.222. The second-order valence-corrected chi connectivity index (χ2v) is 8.49. The topological polar surface area (TPSA) is 67.2 Å². The summed E-state index contributed by atoms with van der Waals surface area (Å²) >= 11 is 3.38. The molecule has 27 heavy (non-hydrogen) atoms. The number of nitrogens with one attached hydrogen (secondary N) is 1. The molecule has 7 heteroatoms. The average molecular weight is 435 g/mol. The minimum absolute atomic E-state index is 0.00474. The zero-order valence-electron chi connectivity index (χ0n) is 16.5. The van der Waals surface area contributed by atoms with Crippen LogP contribution in [0.3, 0.4) is 0 Å². The minimum atomic E-state index is -0.241. The maximum atomic E-state index is 12.8. The largest absolute Gasteiger partial charge is 0.329 e. The van der Waals surface area contributed by atoms with Gasteiger partial charge < -0.3 is 10.2 Å². The van der Waals surface area contributed by atoms with Gasteiger partial charge in [-0.2, -0.15) is 5.10 Å². The molecule has 0 aliphatic heterocycles. The lowest BCUT2D eigenvalue weighted by Gasteiger charge is -2.21. The van der Waals surface area contributed by atoms with Crippen molar-refractivity contribution in [3.8, 4) is 0 Å². The molecule has 0 saturated heterocycles. The van der Waals surface area contributed by atoms with E-state index in [4.69, 9.17) is 0 Å². The summed E-state index contributed by atoms with van der Waals surface area (Å²) in [4.78, 5) is 26.9. The summed E-state index contributed by atoms with van der Waals surface area (Å²) in [6.07, 6.45) is 0.771. The van der Waals surface area contributed by atoms with Crippen LogP contribution in [0.15, 0.2) is 34.8 Å². The second kappa shape index (κ2) is 8.69. The van der Waals surface area contributed by atoms with E-state index in [-0.39, 0.29) is 23.8 Å². The number of hydrogen-bond acceptors (Lipinski definition) is 3. The quantitative estimate of drug-likeness (QED) is 0.747. The molecule has 6 nitrogen and oxygen atoms in total. The van der Waals surface area contributed by atoms with Gasteiger partial charge in [-0.15, -0.1) is 0 Å². The van der Waals surface area contributed by atoms with E-state index < -0.39 is 0 Å². The van der Waals surface area contributed by atoms with Crippen molar-refractivity contribution in [2.75, 3.05) is 18.4 Å². The Labute approximate surface area is 169 Å². The molecule has 2 rings (SSSR count). The monoisotopic (exact) mass is 434 g/mol. The van der Waals surface area contributed by atoms with Gasteiger partial charge >= 0.3 is 0 Å². The summed E-state index contributed by atoms with van der Waals surface area (Å²) in [5, 5.41) is 7.33. The summed E-state index contributed by atoms with van der Waals surface area (Å²) < 4.78 is 2.48. The molecule has 2 amide bonds. The molecule has 0 saturated carbocycles. The van der Waals surface area contributed by atoms with E-state index in [9.17, 15) is 9.59 Å². The van der Waals surface area contributed by atoms with E-state index in [0.717, 1.165) is 16.6 Å². The molecular formula is C20H27BrN4O2. The first-order valence-corrected chi connectivity index (χ1v) is 9.80. The summed E-state index contributed by atoms with van der Waals surface area (Å²) in [7, 11) is 1.79. The fourth-order valence-electron chi connectivity index (χ4n) is 2.63. The van der Waals surface area contributed by atoms with Gasteiger partial charge in [-0.25, -0.2) is 0 Å². The van der Waals surface area contributed by atoms with Crippen LogP contribution in [-0.4, -0.2) is 39.6 Å². The number of carbonyl (C=O) groups is 2. The Bertz CT molecular complexity index is 824. The molecule has 146 valence electrons. The predicted molar refractivity (Wildman–Crippen MR) is 111 cm³/mol. The van der Waals surface area contributed by atoms with Crippen LogP contribution in [0.5, 0.6) is 0 Å². The van der Waals surface area contributed by atoms with E-state index in [1.807, 2.05) is 25.1 Å². The van der Waals surface area contributed by atoms with E-state index in [2.05, 4.69) is 47.1 Å². The Kier molecular flexibility index (Phi) is 6.81. The highest BCUT2D eigenvalue weighted by atomic mass is 79.9. The number of nitrogens with zero attached hydrogens (tertiary/aromatic N) is 3. The Hall–Kier alpha value is -2.15. The normalized spacial score (nSPS) is 11.3. The molecule has 0 bridgehead atoms. The Morgan fingerprint density at radius 1 is 1.26 bits per heavy atom. The van der Waals surface area contributed by atoms with E-state index in [1.165, 1.54) is 0 Å². The van der Waals surface area contributed by atoms with Crippen molar-refractivity contribution in [3.05, 3.63) is 46.1 Å². The molecule has 0 aliphatic rings. The van der Waals surface area contributed by atoms with Crippen molar-refractivity contribution in [1.82, 2.24) is 14.7 Å². The van der Waals surface area contributed by atoms with Crippen molar-refractivity contribution in [1.29, 1.82) is 0 Å². The summed E-state index contributed by atoms with van der Waals surface area (Å²) in [6, 6.07) is 9.07. The Balaban J connectivity index is 2.11. The highest BCUT2D eigenvalue weighted by Crippen LogP contribution is 2.23. The van der Waals surface area contributed by atoms with Crippen LogP contribution in [0, 0.1) is 0 Å². The molecule has 0 radical (unpaired) electrons. The standard InChI is InChI=1S/C20H27BrN4O2/c1-6-10-25(19(27)14-8-7-9-15(21)11-14)13-18(26)22-17-12-16(20(2,3)4)23-24(17)5/h7-9,11-12H,6,10,13H2,1-5H3,(H,22,26). The fourth-order valence-corrected chi connectivity index (χ4v) is 3.03. The molecule has 1 aromatic heterocycles. The van der Waals surface area contributed by atoms with Gasteiger partial charge in [0, 0.05) is 35.1 Å². The Morgan fingerprint density at radius 2 is 1.96 bits per heavy atom. The van der Waals surface area contributed by atoms with Crippen LogP contribution < -0.4 is 5.32 Å². The number of carbonyl (C=O) groups excluding carboxylic acids is 2. The third-order valence-electron chi connectivity index (χ3n) is 4.10. The van der Waals surface area contributed by atoms with E-state index in [1.54, 1.807) is 28.8 Å². The molecule has 0 unspecified atom stereocenters. The summed E-state index contributed by atoms with van der Waals surface area (Å²) in [5.41, 5.74) is 1.35. The van der Waals surface area contributed by atoms with E-state index >= 15 is 0 Å². The molecule has 0 fully saturated rings. The summed E-state index contributed by atoms with van der Waals surface area (Å²) in [6.45, 7) is 8.70. The van der Waals surface area contributed by atoms with Crippen molar-refractivity contribution in [2.45, 2.75) is 39.5 Å². The third kappa shape index (κ3) is 5.66. The maximum absolute atomic E-state index is 12.8. The van der Waals surface area contributed by atoms with Gasteiger partial charge in [0.25, 0.3) is 5.91 Å². The maximum Gasteiger partial charge on any atom is 0.254 e. The molecule has 1 aromatic carbocycles. The number of anilines is 1. The first kappa shape index (κ1) is 21.2. The van der Waals surface area contributed by atoms with Crippen molar-refractivity contribution in [3.63, 3.8) is 0 Å².